The quantitative estimate of drug-likeness (QED) is 0.0331. The number of carbonyl (C=O) groups is 4. The molecule has 0 radical (unpaired) electrons. The second-order valence-corrected chi connectivity index (χ2v) is 18.1. The fraction of sp³-hybridized carbons (Fsp3) is 0.273. The van der Waals surface area contributed by atoms with Crippen LogP contribution in [0.1, 0.15) is 26.3 Å². The monoisotopic (exact) mass is 913 g/mol. The number of amides is 4. The predicted octanol–water partition coefficient (Wildman–Crippen LogP) is 4.20. The summed E-state index contributed by atoms with van der Waals surface area (Å²) in [6.45, 7) is 4.52. The Hall–Kier alpha value is -6.74. The van der Waals surface area contributed by atoms with Crippen LogP contribution in [0, 0.1) is 0 Å². The number of carbonyl (C=O) groups excluding carboxylic acids is 4. The topological polar surface area (TPSA) is 257 Å². The second kappa shape index (κ2) is 21.6. The van der Waals surface area contributed by atoms with E-state index >= 15 is 0 Å². The van der Waals surface area contributed by atoms with Crippen LogP contribution >= 0.6 is 0 Å². The van der Waals surface area contributed by atoms with E-state index in [4.69, 9.17) is 0 Å². The van der Waals surface area contributed by atoms with Crippen LogP contribution in [0.3, 0.4) is 0 Å². The lowest BCUT2D eigenvalue weighted by molar-refractivity contribution is -0.133. The zero-order valence-electron chi connectivity index (χ0n) is 35.8. The number of nitrogens with one attached hydrogen (secondary N) is 6. The average molecular weight is 914 g/mol. The molecular weight excluding hydrogens is 863 g/mol. The molecule has 0 aliphatic carbocycles. The van der Waals surface area contributed by atoms with Gasteiger partial charge in [0.05, 0.1) is 22.3 Å². The fourth-order valence-corrected chi connectivity index (χ4v) is 8.22. The molecule has 18 nitrogen and oxygen atoms in total. The molecule has 4 atom stereocenters. The first-order chi connectivity index (χ1) is 30.3. The zero-order chi connectivity index (χ0) is 46.6. The van der Waals surface area contributed by atoms with E-state index in [1.807, 2.05) is 31.1 Å². The minimum Gasteiger partial charge on any atom is -0.383 e. The summed E-state index contributed by atoms with van der Waals surface area (Å²) in [4.78, 5) is 54.7. The maximum atomic E-state index is 13.6. The lowest BCUT2D eigenvalue weighted by Crippen LogP contribution is -2.57. The number of azo groups is 1. The second-order valence-electron chi connectivity index (χ2n) is 15.0. The number of hydrogen-bond donors (Lipinski definition) is 7. The molecule has 5 aromatic rings. The van der Waals surface area contributed by atoms with E-state index in [1.54, 1.807) is 66.7 Å². The summed E-state index contributed by atoms with van der Waals surface area (Å²) in [7, 11) is -4.79. The van der Waals surface area contributed by atoms with Crippen molar-refractivity contribution in [3.8, 4) is 0 Å². The Bertz CT molecular complexity index is 2700. The van der Waals surface area contributed by atoms with Gasteiger partial charge in [0.25, 0.3) is 10.1 Å². The molecule has 5 rings (SSSR count). The number of hydrogen-bond acceptors (Lipinski definition) is 12. The van der Waals surface area contributed by atoms with Gasteiger partial charge < -0.3 is 31.5 Å². The van der Waals surface area contributed by atoms with E-state index in [0.717, 1.165) is 5.69 Å². The lowest BCUT2D eigenvalue weighted by atomic mass is 10.0. The smallest absolute Gasteiger partial charge is 0.295 e. The molecule has 64 heavy (non-hydrogen) atoms. The maximum Gasteiger partial charge on any atom is 0.295 e. The van der Waals surface area contributed by atoms with Crippen molar-refractivity contribution in [1.82, 2.24) is 26.0 Å². The molecule has 5 aromatic carbocycles. The molecule has 20 heteroatoms. The lowest BCUT2D eigenvalue weighted by Gasteiger charge is -2.24. The normalized spacial score (nSPS) is 13.6. The molecule has 4 amide bonds. The van der Waals surface area contributed by atoms with Crippen LogP contribution in [0.2, 0.25) is 0 Å². The highest BCUT2D eigenvalue weighted by molar-refractivity contribution is 7.89. The number of sulfonamides is 1. The van der Waals surface area contributed by atoms with E-state index in [1.165, 1.54) is 57.2 Å². The van der Waals surface area contributed by atoms with E-state index < -0.39 is 67.9 Å². The third kappa shape index (κ3) is 13.4. The average Bonchev–Trinajstić information content (AvgIpc) is 3.26. The number of rotatable bonds is 20. The van der Waals surface area contributed by atoms with E-state index in [9.17, 15) is 40.6 Å². The Morgan fingerprint density at radius 2 is 1.17 bits per heavy atom. The van der Waals surface area contributed by atoms with Gasteiger partial charge in [0.2, 0.25) is 33.7 Å². The molecule has 338 valence electrons. The number of benzene rings is 5. The SMILES string of the molecule is C[C@H](NC(=O)[C@H](C)NS(=O)(=O)c1ccc(N=Nc2ccc(N(C)C)cc2)cc1)C(=O)N[C@@H](Cc1ccccc1)C(=O)N[C@@H](C)C(=O)NCCNc1cccc2c(S(=O)(=O)O)cccc12. The Kier molecular flexibility index (Phi) is 16.3. The van der Waals surface area contributed by atoms with Crippen LogP contribution in [0.4, 0.5) is 22.7 Å². The Morgan fingerprint density at radius 1 is 0.609 bits per heavy atom. The van der Waals surface area contributed by atoms with Crippen LogP contribution in [0.25, 0.3) is 10.8 Å². The molecule has 0 bridgehead atoms. The van der Waals surface area contributed by atoms with Crippen molar-refractivity contribution < 1.29 is 40.6 Å². The molecule has 0 aliphatic rings. The van der Waals surface area contributed by atoms with E-state index in [-0.39, 0.29) is 29.3 Å². The van der Waals surface area contributed by atoms with Crippen molar-refractivity contribution in [3.63, 3.8) is 0 Å². The van der Waals surface area contributed by atoms with Gasteiger partial charge in [0.15, 0.2) is 0 Å². The van der Waals surface area contributed by atoms with Crippen LogP contribution in [0.15, 0.2) is 135 Å². The van der Waals surface area contributed by atoms with Crippen LogP contribution in [0.5, 0.6) is 0 Å². The van der Waals surface area contributed by atoms with Crippen LogP contribution in [-0.4, -0.2) is 96.4 Å². The van der Waals surface area contributed by atoms with Crippen LogP contribution < -0.4 is 36.2 Å². The van der Waals surface area contributed by atoms with Crippen molar-refractivity contribution >= 4 is 77.3 Å². The Morgan fingerprint density at radius 3 is 1.80 bits per heavy atom. The van der Waals surface area contributed by atoms with Gasteiger partial charge in [-0.25, -0.2) is 8.42 Å². The first-order valence-corrected chi connectivity index (χ1v) is 23.0. The van der Waals surface area contributed by atoms with Gasteiger partial charge in [-0.15, -0.1) is 0 Å². The first kappa shape index (κ1) is 48.3. The van der Waals surface area contributed by atoms with Crippen molar-refractivity contribution in [1.29, 1.82) is 0 Å². The Balaban J connectivity index is 1.13. The molecular formula is C44H51N9O9S2. The standard InChI is InChI=1S/C44H51N9O9S2/c1-28(41(54)46-26-25-45-38-15-9-14-37-36(38)13-10-16-40(37)64(60,61)62)48-44(57)39(27-31-11-7-6-8-12-31)49-42(55)29(2)47-43(56)30(3)52-63(58,59)35-23-19-33(20-24-35)51-50-32-17-21-34(22-18-32)53(4)5/h6-24,28-30,39,45,52H,25-27H2,1-5H3,(H,46,54)(H,47,56)(H,48,57)(H,49,55)(H,60,61,62)/t28-,29-,30-,39-/m0/s1. The summed E-state index contributed by atoms with van der Waals surface area (Å²) in [5, 5.41) is 22.8. The fourth-order valence-electron chi connectivity index (χ4n) is 6.31. The van der Waals surface area contributed by atoms with E-state index in [2.05, 4.69) is 41.5 Å². The summed E-state index contributed by atoms with van der Waals surface area (Å²) < 4.78 is 61.9. The summed E-state index contributed by atoms with van der Waals surface area (Å²) in [5.41, 5.74) is 3.29. The summed E-state index contributed by atoms with van der Waals surface area (Å²) in [6, 6.07) is 26.5. The van der Waals surface area contributed by atoms with Gasteiger partial charge in [-0.1, -0.05) is 54.6 Å². The van der Waals surface area contributed by atoms with Crippen molar-refractivity contribution in [2.24, 2.45) is 10.2 Å². The highest BCUT2D eigenvalue weighted by atomic mass is 32.2. The van der Waals surface area contributed by atoms with Gasteiger partial charge in [-0.3, -0.25) is 23.7 Å². The largest absolute Gasteiger partial charge is 0.383 e. The minimum absolute atomic E-state index is 0.0436. The maximum absolute atomic E-state index is 13.6. The Labute approximate surface area is 372 Å². The summed E-state index contributed by atoms with van der Waals surface area (Å²) in [5.74, 6) is -2.73. The van der Waals surface area contributed by atoms with E-state index in [0.29, 0.717) is 33.4 Å². The minimum atomic E-state index is -4.45. The highest BCUT2D eigenvalue weighted by Crippen LogP contribution is 2.29. The van der Waals surface area contributed by atoms with Crippen molar-refractivity contribution in [2.75, 3.05) is 37.4 Å². The molecule has 0 aliphatic heterocycles. The molecule has 0 fully saturated rings. The third-order valence-electron chi connectivity index (χ3n) is 9.84. The van der Waals surface area contributed by atoms with Gasteiger partial charge in [-0.05, 0) is 87.0 Å². The zero-order valence-corrected chi connectivity index (χ0v) is 37.4. The van der Waals surface area contributed by atoms with Gasteiger partial charge in [-0.2, -0.15) is 23.4 Å². The molecule has 0 saturated carbocycles. The predicted molar refractivity (Wildman–Crippen MR) is 244 cm³/mol. The summed E-state index contributed by atoms with van der Waals surface area (Å²) >= 11 is 0. The summed E-state index contributed by atoms with van der Waals surface area (Å²) in [6.07, 6.45) is 0.0436. The molecule has 0 aromatic heterocycles. The number of fused-ring (bicyclic) bond motifs is 1. The molecule has 0 saturated heterocycles. The third-order valence-corrected chi connectivity index (χ3v) is 12.3. The molecule has 0 heterocycles. The molecule has 0 spiro atoms. The molecule has 7 N–H and O–H groups in total. The first-order valence-electron chi connectivity index (χ1n) is 20.1. The van der Waals surface area contributed by atoms with Crippen molar-refractivity contribution in [3.05, 3.63) is 121 Å². The van der Waals surface area contributed by atoms with Gasteiger partial charge in [0.1, 0.15) is 23.0 Å². The number of nitrogens with zero attached hydrogens (tertiary/aromatic N) is 3. The number of anilines is 2. The molecule has 0 unspecified atom stereocenters. The van der Waals surface area contributed by atoms with Gasteiger partial charge in [0, 0.05) is 55.8 Å². The highest BCUT2D eigenvalue weighted by Gasteiger charge is 2.29. The van der Waals surface area contributed by atoms with Crippen LogP contribution in [-0.2, 0) is 45.7 Å². The van der Waals surface area contributed by atoms with Crippen molar-refractivity contribution in [2.45, 2.75) is 61.2 Å². The van der Waals surface area contributed by atoms with Gasteiger partial charge >= 0.3 is 0 Å².